The zero-order valence-corrected chi connectivity index (χ0v) is 36.3. The van der Waals surface area contributed by atoms with Gasteiger partial charge in [-0.25, -0.2) is 19.9 Å². The van der Waals surface area contributed by atoms with Gasteiger partial charge in [-0.2, -0.15) is 0 Å². The molecule has 13 aromatic rings. The molecule has 0 fully saturated rings. The van der Waals surface area contributed by atoms with Crippen LogP contribution in [0.1, 0.15) is 0 Å². The number of benzene rings is 10. The number of para-hydroxylation sites is 3. The van der Waals surface area contributed by atoms with Gasteiger partial charge in [0.2, 0.25) is 0 Å². The number of rotatable bonds is 7. The molecule has 13 rings (SSSR count). The fraction of sp³-hybridized carbons (Fsp3) is 0. The molecule has 0 amide bonds. The molecule has 0 atom stereocenters. The summed E-state index contributed by atoms with van der Waals surface area (Å²) in [4.78, 5) is 20.7. The summed E-state index contributed by atoms with van der Waals surface area (Å²) in [7, 11) is 0. The normalized spacial score (nSPS) is 11.6. The summed E-state index contributed by atoms with van der Waals surface area (Å²) in [5, 5.41) is 8.31. The fourth-order valence-electron chi connectivity index (χ4n) is 9.81. The maximum atomic E-state index is 5.60. The Labute approximate surface area is 387 Å². The van der Waals surface area contributed by atoms with Crippen molar-refractivity contribution in [1.82, 2.24) is 24.5 Å². The van der Waals surface area contributed by atoms with Gasteiger partial charge >= 0.3 is 0 Å². The lowest BCUT2D eigenvalue weighted by Gasteiger charge is -2.16. The van der Waals surface area contributed by atoms with E-state index in [1.54, 1.807) is 0 Å². The Bertz CT molecular complexity index is 3940. The molecular formula is C62H39N5. The van der Waals surface area contributed by atoms with E-state index in [9.17, 15) is 0 Å². The highest BCUT2D eigenvalue weighted by atomic mass is 15.0. The second-order valence-electron chi connectivity index (χ2n) is 17.0. The minimum Gasteiger partial charge on any atom is -0.309 e. The van der Waals surface area contributed by atoms with E-state index < -0.39 is 0 Å². The standard InChI is InChI=1S/C62H39N5/c1-3-14-40(15-4-1)41-26-30-46(31-27-41)61-64-60(45-17-5-2-6-18-45)65-62(66-61)47-32-28-44(29-33-47)58-54-39-36-42-16-7-8-19-49(42)57(54)53-23-13-22-50(59(53)63-58)43-34-37-48(38-35-43)67-55-24-11-9-20-51(55)52-21-10-12-25-56(52)67/h1-39H. The molecule has 0 aliphatic rings. The minimum atomic E-state index is 0.608. The summed E-state index contributed by atoms with van der Waals surface area (Å²) in [6.07, 6.45) is 0. The maximum absolute atomic E-state index is 5.60. The molecular weight excluding hydrogens is 815 g/mol. The van der Waals surface area contributed by atoms with Crippen molar-refractivity contribution in [1.29, 1.82) is 0 Å². The second-order valence-corrected chi connectivity index (χ2v) is 17.0. The van der Waals surface area contributed by atoms with Crippen LogP contribution in [0.5, 0.6) is 0 Å². The van der Waals surface area contributed by atoms with Crippen molar-refractivity contribution < 1.29 is 0 Å². The van der Waals surface area contributed by atoms with Gasteiger partial charge in [0.15, 0.2) is 17.5 Å². The Hall–Kier alpha value is -9.06. The lowest BCUT2D eigenvalue weighted by atomic mass is 9.92. The molecule has 3 aromatic heterocycles. The van der Waals surface area contributed by atoms with Crippen molar-refractivity contribution in [2.45, 2.75) is 0 Å². The minimum absolute atomic E-state index is 0.608. The first-order valence-corrected chi connectivity index (χ1v) is 22.6. The van der Waals surface area contributed by atoms with Gasteiger partial charge < -0.3 is 4.57 Å². The first-order chi connectivity index (χ1) is 33.2. The topological polar surface area (TPSA) is 56.5 Å². The third-order valence-corrected chi connectivity index (χ3v) is 13.1. The molecule has 0 N–H and O–H groups in total. The number of hydrogen-bond acceptors (Lipinski definition) is 4. The molecule has 5 heteroatoms. The second kappa shape index (κ2) is 15.9. The van der Waals surface area contributed by atoms with Crippen LogP contribution in [-0.2, 0) is 0 Å². The Morgan fingerprint density at radius 3 is 1.36 bits per heavy atom. The van der Waals surface area contributed by atoms with E-state index in [1.165, 1.54) is 43.5 Å². The average molecular weight is 854 g/mol. The number of pyridine rings is 1. The quantitative estimate of drug-likeness (QED) is 0.150. The lowest BCUT2D eigenvalue weighted by molar-refractivity contribution is 1.07. The molecule has 3 heterocycles. The summed E-state index contributed by atoms with van der Waals surface area (Å²) in [5.41, 5.74) is 13.7. The molecule has 0 bridgehead atoms. The van der Waals surface area contributed by atoms with Crippen LogP contribution in [0.4, 0.5) is 0 Å². The number of nitrogens with zero attached hydrogens (tertiary/aromatic N) is 5. The van der Waals surface area contributed by atoms with Crippen molar-refractivity contribution in [3.8, 4) is 73.4 Å². The van der Waals surface area contributed by atoms with E-state index in [-0.39, 0.29) is 0 Å². The van der Waals surface area contributed by atoms with Crippen LogP contribution in [0.15, 0.2) is 237 Å². The third-order valence-electron chi connectivity index (χ3n) is 13.1. The van der Waals surface area contributed by atoms with E-state index in [4.69, 9.17) is 19.9 Å². The van der Waals surface area contributed by atoms with Crippen molar-refractivity contribution in [3.63, 3.8) is 0 Å². The highest BCUT2D eigenvalue weighted by molar-refractivity contribution is 6.24. The smallest absolute Gasteiger partial charge is 0.164 e. The summed E-state index contributed by atoms with van der Waals surface area (Å²) in [6, 6.07) is 83.4. The van der Waals surface area contributed by atoms with Crippen LogP contribution < -0.4 is 0 Å². The zero-order chi connectivity index (χ0) is 44.3. The van der Waals surface area contributed by atoms with Crippen molar-refractivity contribution in [2.24, 2.45) is 0 Å². The van der Waals surface area contributed by atoms with Crippen molar-refractivity contribution in [2.75, 3.05) is 0 Å². The van der Waals surface area contributed by atoms with Gasteiger partial charge in [-0.15, -0.1) is 0 Å². The van der Waals surface area contributed by atoms with Gasteiger partial charge in [-0.05, 0) is 51.7 Å². The van der Waals surface area contributed by atoms with E-state index in [0.717, 1.165) is 66.6 Å². The molecule has 0 unspecified atom stereocenters. The molecule has 67 heavy (non-hydrogen) atoms. The van der Waals surface area contributed by atoms with Crippen LogP contribution in [0.25, 0.3) is 128 Å². The zero-order valence-electron chi connectivity index (χ0n) is 36.3. The lowest BCUT2D eigenvalue weighted by Crippen LogP contribution is -2.00. The Morgan fingerprint density at radius 2 is 0.731 bits per heavy atom. The van der Waals surface area contributed by atoms with Gasteiger partial charge in [0.1, 0.15) is 0 Å². The SMILES string of the molecule is c1ccc(-c2ccc(-c3nc(-c4ccccc4)nc(-c4ccc(-c5nc6c(-c7ccc(-n8c9ccccc9c9ccccc98)cc7)cccc6c6c5ccc5ccccc56)cc4)n3)cc2)cc1. The maximum Gasteiger partial charge on any atom is 0.164 e. The molecule has 312 valence electrons. The average Bonchev–Trinajstić information content (AvgIpc) is 3.75. The van der Waals surface area contributed by atoms with E-state index in [2.05, 4.69) is 205 Å². The van der Waals surface area contributed by atoms with E-state index >= 15 is 0 Å². The van der Waals surface area contributed by atoms with E-state index in [0.29, 0.717) is 17.5 Å². The summed E-state index contributed by atoms with van der Waals surface area (Å²) in [5.74, 6) is 1.86. The highest BCUT2D eigenvalue weighted by Gasteiger charge is 2.19. The Morgan fingerprint density at radius 1 is 0.269 bits per heavy atom. The summed E-state index contributed by atoms with van der Waals surface area (Å²) >= 11 is 0. The first-order valence-electron chi connectivity index (χ1n) is 22.6. The molecule has 0 saturated heterocycles. The molecule has 10 aromatic carbocycles. The van der Waals surface area contributed by atoms with Crippen LogP contribution >= 0.6 is 0 Å². The van der Waals surface area contributed by atoms with Crippen LogP contribution in [-0.4, -0.2) is 24.5 Å². The Balaban J connectivity index is 0.932. The molecule has 0 aliphatic carbocycles. The summed E-state index contributed by atoms with van der Waals surface area (Å²) < 4.78 is 2.36. The van der Waals surface area contributed by atoms with Crippen molar-refractivity contribution in [3.05, 3.63) is 237 Å². The molecule has 0 saturated carbocycles. The largest absolute Gasteiger partial charge is 0.309 e. The van der Waals surface area contributed by atoms with Crippen LogP contribution in [0.2, 0.25) is 0 Å². The van der Waals surface area contributed by atoms with Crippen molar-refractivity contribution >= 4 is 54.3 Å². The number of aromatic nitrogens is 5. The molecule has 5 nitrogen and oxygen atoms in total. The monoisotopic (exact) mass is 853 g/mol. The molecule has 0 radical (unpaired) electrons. The third kappa shape index (κ3) is 6.64. The van der Waals surface area contributed by atoms with Crippen LogP contribution in [0.3, 0.4) is 0 Å². The molecule has 0 aliphatic heterocycles. The van der Waals surface area contributed by atoms with E-state index in [1.807, 2.05) is 36.4 Å². The number of hydrogen-bond donors (Lipinski definition) is 0. The summed E-state index contributed by atoms with van der Waals surface area (Å²) in [6.45, 7) is 0. The van der Waals surface area contributed by atoms with Crippen LogP contribution in [0, 0.1) is 0 Å². The van der Waals surface area contributed by atoms with Gasteiger partial charge in [-0.1, -0.05) is 212 Å². The van der Waals surface area contributed by atoms with Gasteiger partial charge in [0.05, 0.1) is 22.2 Å². The Kier molecular flexibility index (Phi) is 9.10. The van der Waals surface area contributed by atoms with Gasteiger partial charge in [0.25, 0.3) is 0 Å². The predicted molar refractivity (Wildman–Crippen MR) is 277 cm³/mol. The first kappa shape index (κ1) is 38.4. The predicted octanol–water partition coefficient (Wildman–Crippen LogP) is 15.8. The highest BCUT2D eigenvalue weighted by Crippen LogP contribution is 2.41. The molecule has 0 spiro atoms. The fourth-order valence-corrected chi connectivity index (χ4v) is 9.81. The number of fused-ring (bicyclic) bond motifs is 8. The van der Waals surface area contributed by atoms with Gasteiger partial charge in [-0.3, -0.25) is 0 Å². The van der Waals surface area contributed by atoms with Gasteiger partial charge in [0, 0.05) is 60.4 Å².